The van der Waals surface area contributed by atoms with Crippen molar-refractivity contribution in [3.63, 3.8) is 0 Å². The Morgan fingerprint density at radius 2 is 2.42 bits per heavy atom. The predicted octanol–water partition coefficient (Wildman–Crippen LogP) is 1.42. The third kappa shape index (κ3) is 3.78. The molecule has 5 nitrogen and oxygen atoms in total. The van der Waals surface area contributed by atoms with Crippen molar-refractivity contribution in [2.75, 3.05) is 27.2 Å². The maximum Gasteiger partial charge on any atom is 0.183 e. The second-order valence-corrected chi connectivity index (χ2v) is 5.70. The number of nitrogens with one attached hydrogen (secondary N) is 1. The lowest BCUT2D eigenvalue weighted by Gasteiger charge is -2.13. The van der Waals surface area contributed by atoms with E-state index in [-0.39, 0.29) is 5.78 Å². The first kappa shape index (κ1) is 14.5. The zero-order valence-corrected chi connectivity index (χ0v) is 12.3. The van der Waals surface area contributed by atoms with Gasteiger partial charge in [-0.25, -0.2) is 0 Å². The standard InChI is InChI=1S/C13H21ClN4O/c1-17(2)6-7-18-13(11(14)9-16-18)12(19)8-10-4-3-5-15-10/h9-10,15H,3-8H2,1-2H3. The van der Waals surface area contributed by atoms with E-state index in [4.69, 9.17) is 11.6 Å². The number of hydrogen-bond donors (Lipinski definition) is 1. The monoisotopic (exact) mass is 284 g/mol. The van der Waals surface area contributed by atoms with Gasteiger partial charge in [-0.2, -0.15) is 5.10 Å². The molecule has 0 saturated carbocycles. The van der Waals surface area contributed by atoms with E-state index in [1.54, 1.807) is 10.9 Å². The van der Waals surface area contributed by atoms with Crippen LogP contribution in [-0.2, 0) is 6.54 Å². The number of rotatable bonds is 6. The number of hydrogen-bond acceptors (Lipinski definition) is 4. The lowest BCUT2D eigenvalue weighted by molar-refractivity contribution is 0.0960. The van der Waals surface area contributed by atoms with Crippen molar-refractivity contribution in [1.29, 1.82) is 0 Å². The molecule has 6 heteroatoms. The van der Waals surface area contributed by atoms with Crippen LogP contribution in [0, 0.1) is 0 Å². The highest BCUT2D eigenvalue weighted by molar-refractivity contribution is 6.33. The van der Waals surface area contributed by atoms with Gasteiger partial charge in [0.2, 0.25) is 0 Å². The summed E-state index contributed by atoms with van der Waals surface area (Å²) in [6, 6.07) is 0.292. The minimum Gasteiger partial charge on any atom is -0.314 e. The first-order valence-corrected chi connectivity index (χ1v) is 7.08. The largest absolute Gasteiger partial charge is 0.314 e. The van der Waals surface area contributed by atoms with E-state index in [1.165, 1.54) is 0 Å². The summed E-state index contributed by atoms with van der Waals surface area (Å²) in [5, 5.41) is 8.00. The fourth-order valence-electron chi connectivity index (χ4n) is 2.36. The number of Topliss-reactive ketones (excluding diaryl/α,β-unsaturated/α-hetero) is 1. The molecule has 0 spiro atoms. The van der Waals surface area contributed by atoms with Crippen LogP contribution in [0.4, 0.5) is 0 Å². The van der Waals surface area contributed by atoms with E-state index in [0.717, 1.165) is 25.9 Å². The Bertz CT molecular complexity index is 438. The van der Waals surface area contributed by atoms with Gasteiger partial charge in [0.25, 0.3) is 0 Å². The first-order valence-electron chi connectivity index (χ1n) is 6.70. The molecule has 1 aromatic rings. The SMILES string of the molecule is CN(C)CCn1ncc(Cl)c1C(=O)CC1CCCN1. The van der Waals surface area contributed by atoms with Crippen molar-refractivity contribution < 1.29 is 4.79 Å². The molecule has 1 aromatic heterocycles. The lowest BCUT2D eigenvalue weighted by atomic mass is 10.1. The number of likely N-dealkylation sites (N-methyl/N-ethyl adjacent to an activating group) is 1. The molecular weight excluding hydrogens is 264 g/mol. The summed E-state index contributed by atoms with van der Waals surface area (Å²) in [6.07, 6.45) is 4.28. The zero-order valence-electron chi connectivity index (χ0n) is 11.5. The summed E-state index contributed by atoms with van der Waals surface area (Å²) >= 11 is 6.10. The molecule has 0 radical (unpaired) electrons. The molecule has 1 aliphatic rings. The molecule has 2 rings (SSSR count). The van der Waals surface area contributed by atoms with Crippen LogP contribution < -0.4 is 5.32 Å². The van der Waals surface area contributed by atoms with Crippen LogP contribution in [0.1, 0.15) is 29.8 Å². The maximum atomic E-state index is 12.3. The zero-order chi connectivity index (χ0) is 13.8. The number of carbonyl (C=O) groups is 1. The van der Waals surface area contributed by atoms with Crippen molar-refractivity contribution >= 4 is 17.4 Å². The molecule has 2 heterocycles. The average molecular weight is 285 g/mol. The first-order chi connectivity index (χ1) is 9.08. The third-order valence-corrected chi connectivity index (χ3v) is 3.69. The average Bonchev–Trinajstić information content (AvgIpc) is 2.96. The van der Waals surface area contributed by atoms with E-state index >= 15 is 0 Å². The summed E-state index contributed by atoms with van der Waals surface area (Å²) in [4.78, 5) is 14.4. The molecular formula is C13H21ClN4O. The molecule has 0 aromatic carbocycles. The normalized spacial score (nSPS) is 19.3. The van der Waals surface area contributed by atoms with Crippen LogP contribution in [0.15, 0.2) is 6.20 Å². The molecule has 106 valence electrons. The van der Waals surface area contributed by atoms with E-state index in [9.17, 15) is 4.79 Å². The van der Waals surface area contributed by atoms with Gasteiger partial charge in [-0.05, 0) is 33.5 Å². The summed E-state index contributed by atoms with van der Waals surface area (Å²) in [5.74, 6) is 0.0839. The molecule has 1 atom stereocenters. The number of halogens is 1. The van der Waals surface area contributed by atoms with Gasteiger partial charge in [0.05, 0.1) is 17.8 Å². The molecule has 0 amide bonds. The van der Waals surface area contributed by atoms with E-state index in [0.29, 0.717) is 29.7 Å². The van der Waals surface area contributed by atoms with Crippen LogP contribution in [-0.4, -0.2) is 53.7 Å². The molecule has 1 aliphatic heterocycles. The smallest absolute Gasteiger partial charge is 0.183 e. The fraction of sp³-hybridized carbons (Fsp3) is 0.692. The van der Waals surface area contributed by atoms with Gasteiger partial charge < -0.3 is 10.2 Å². The predicted molar refractivity (Wildman–Crippen MR) is 75.8 cm³/mol. The molecule has 0 aliphatic carbocycles. The Hall–Kier alpha value is -0.910. The lowest BCUT2D eigenvalue weighted by Crippen LogP contribution is -2.27. The van der Waals surface area contributed by atoms with Crippen LogP contribution in [0.25, 0.3) is 0 Å². The Kier molecular flexibility index (Phi) is 4.96. The fourth-order valence-corrected chi connectivity index (χ4v) is 2.60. The molecule has 0 bridgehead atoms. The number of carbonyl (C=O) groups excluding carboxylic acids is 1. The highest BCUT2D eigenvalue weighted by Crippen LogP contribution is 2.19. The Morgan fingerprint density at radius 3 is 3.05 bits per heavy atom. The van der Waals surface area contributed by atoms with E-state index in [1.807, 2.05) is 14.1 Å². The van der Waals surface area contributed by atoms with Crippen LogP contribution in [0.3, 0.4) is 0 Å². The van der Waals surface area contributed by atoms with Crippen molar-refractivity contribution in [2.24, 2.45) is 0 Å². The van der Waals surface area contributed by atoms with Crippen molar-refractivity contribution in [2.45, 2.75) is 31.8 Å². The highest BCUT2D eigenvalue weighted by Gasteiger charge is 2.23. The Balaban J connectivity index is 2.04. The maximum absolute atomic E-state index is 12.3. The number of ketones is 1. The van der Waals surface area contributed by atoms with Gasteiger partial charge >= 0.3 is 0 Å². The Morgan fingerprint density at radius 1 is 1.63 bits per heavy atom. The summed E-state index contributed by atoms with van der Waals surface area (Å²) in [7, 11) is 3.99. The quantitative estimate of drug-likeness (QED) is 0.803. The van der Waals surface area contributed by atoms with Crippen LogP contribution in [0.5, 0.6) is 0 Å². The molecule has 1 unspecified atom stereocenters. The van der Waals surface area contributed by atoms with E-state index in [2.05, 4.69) is 15.3 Å². The molecule has 19 heavy (non-hydrogen) atoms. The minimum absolute atomic E-state index is 0.0839. The van der Waals surface area contributed by atoms with Gasteiger partial charge in [0.1, 0.15) is 5.69 Å². The number of nitrogens with zero attached hydrogens (tertiary/aromatic N) is 3. The minimum atomic E-state index is 0.0839. The third-order valence-electron chi connectivity index (χ3n) is 3.41. The van der Waals surface area contributed by atoms with Gasteiger partial charge in [-0.1, -0.05) is 11.6 Å². The highest BCUT2D eigenvalue weighted by atomic mass is 35.5. The Labute approximate surface area is 118 Å². The van der Waals surface area contributed by atoms with Crippen molar-refractivity contribution in [3.05, 3.63) is 16.9 Å². The van der Waals surface area contributed by atoms with Crippen LogP contribution >= 0.6 is 11.6 Å². The molecule has 1 saturated heterocycles. The topological polar surface area (TPSA) is 50.2 Å². The summed E-state index contributed by atoms with van der Waals surface area (Å²) in [6.45, 7) is 2.52. The van der Waals surface area contributed by atoms with Gasteiger partial charge in [-0.15, -0.1) is 0 Å². The summed E-state index contributed by atoms with van der Waals surface area (Å²) < 4.78 is 1.72. The number of aromatic nitrogens is 2. The summed E-state index contributed by atoms with van der Waals surface area (Å²) in [5.41, 5.74) is 0.553. The second kappa shape index (κ2) is 6.50. The van der Waals surface area contributed by atoms with Gasteiger partial charge in [0, 0.05) is 19.0 Å². The molecule has 1 N–H and O–H groups in total. The molecule has 1 fully saturated rings. The van der Waals surface area contributed by atoms with Crippen molar-refractivity contribution in [3.8, 4) is 0 Å². The van der Waals surface area contributed by atoms with E-state index < -0.39 is 0 Å². The van der Waals surface area contributed by atoms with Gasteiger partial charge in [0.15, 0.2) is 5.78 Å². The van der Waals surface area contributed by atoms with Crippen LogP contribution in [0.2, 0.25) is 5.02 Å². The van der Waals surface area contributed by atoms with Crippen molar-refractivity contribution in [1.82, 2.24) is 20.0 Å². The second-order valence-electron chi connectivity index (χ2n) is 5.29. The van der Waals surface area contributed by atoms with Gasteiger partial charge in [-0.3, -0.25) is 9.48 Å².